The van der Waals surface area contributed by atoms with E-state index >= 15 is 0 Å². The van der Waals surface area contributed by atoms with Crippen molar-refractivity contribution in [2.24, 2.45) is 0 Å². The zero-order valence-corrected chi connectivity index (χ0v) is 9.63. The van der Waals surface area contributed by atoms with Crippen LogP contribution in [0.5, 0.6) is 5.88 Å². The minimum Gasteiger partial charge on any atom is -0.480 e. The van der Waals surface area contributed by atoms with E-state index in [0.29, 0.717) is 5.88 Å². The van der Waals surface area contributed by atoms with Gasteiger partial charge < -0.3 is 14.6 Å². The number of aromatic nitrogens is 3. The summed E-state index contributed by atoms with van der Waals surface area (Å²) in [5.74, 6) is 0.632. The third-order valence-corrected chi connectivity index (χ3v) is 3.14. The Labute approximate surface area is 91.7 Å². The zero-order valence-electron chi connectivity index (χ0n) is 8.81. The Bertz CT molecular complexity index is 435. The number of imidazole rings is 1. The molecule has 0 aliphatic rings. The SMILES string of the molecule is COc1nc(N(C)C)sc1-c1cnc[nH]1. The molecule has 80 valence electrons. The van der Waals surface area contributed by atoms with E-state index in [1.807, 2.05) is 19.0 Å². The van der Waals surface area contributed by atoms with Crippen LogP contribution in [-0.2, 0) is 0 Å². The average Bonchev–Trinajstić information content (AvgIpc) is 2.86. The van der Waals surface area contributed by atoms with Gasteiger partial charge in [-0.05, 0) is 0 Å². The molecule has 0 saturated carbocycles. The van der Waals surface area contributed by atoms with Crippen LogP contribution in [0.2, 0.25) is 0 Å². The second-order valence-corrected chi connectivity index (χ2v) is 4.17. The Morgan fingerprint density at radius 2 is 2.27 bits per heavy atom. The van der Waals surface area contributed by atoms with E-state index < -0.39 is 0 Å². The highest BCUT2D eigenvalue weighted by Gasteiger charge is 2.15. The number of H-pyrrole nitrogens is 1. The molecule has 2 rings (SSSR count). The van der Waals surface area contributed by atoms with Gasteiger partial charge in [0, 0.05) is 14.1 Å². The normalized spacial score (nSPS) is 10.3. The summed E-state index contributed by atoms with van der Waals surface area (Å²) >= 11 is 1.57. The summed E-state index contributed by atoms with van der Waals surface area (Å²) in [6.45, 7) is 0. The first-order valence-electron chi connectivity index (χ1n) is 4.43. The van der Waals surface area contributed by atoms with E-state index in [4.69, 9.17) is 4.74 Å². The number of hydrogen-bond acceptors (Lipinski definition) is 5. The van der Waals surface area contributed by atoms with Crippen LogP contribution in [0.15, 0.2) is 12.5 Å². The second-order valence-electron chi connectivity index (χ2n) is 3.19. The van der Waals surface area contributed by atoms with Gasteiger partial charge in [-0.3, -0.25) is 0 Å². The first-order valence-corrected chi connectivity index (χ1v) is 5.25. The van der Waals surface area contributed by atoms with Crippen molar-refractivity contribution >= 4 is 16.5 Å². The van der Waals surface area contributed by atoms with Gasteiger partial charge in [-0.25, -0.2) is 4.98 Å². The minimum atomic E-state index is 0.632. The fourth-order valence-electron chi connectivity index (χ4n) is 1.18. The number of hydrogen-bond donors (Lipinski definition) is 1. The number of thiazole rings is 1. The van der Waals surface area contributed by atoms with Crippen LogP contribution in [0, 0.1) is 0 Å². The molecule has 0 aliphatic heterocycles. The minimum absolute atomic E-state index is 0.632. The van der Waals surface area contributed by atoms with Crippen molar-refractivity contribution in [2.45, 2.75) is 0 Å². The van der Waals surface area contributed by atoms with Crippen molar-refractivity contribution in [1.82, 2.24) is 15.0 Å². The molecule has 0 saturated heterocycles. The van der Waals surface area contributed by atoms with Crippen LogP contribution in [0.1, 0.15) is 0 Å². The monoisotopic (exact) mass is 224 g/mol. The maximum atomic E-state index is 5.22. The van der Waals surface area contributed by atoms with Gasteiger partial charge in [0.25, 0.3) is 0 Å². The molecule has 0 bridgehead atoms. The average molecular weight is 224 g/mol. The smallest absolute Gasteiger partial charge is 0.235 e. The fraction of sp³-hybridized carbons (Fsp3) is 0.333. The summed E-state index contributed by atoms with van der Waals surface area (Å²) in [4.78, 5) is 14.3. The van der Waals surface area contributed by atoms with E-state index in [-0.39, 0.29) is 0 Å². The lowest BCUT2D eigenvalue weighted by atomic mass is 10.4. The third-order valence-electron chi connectivity index (χ3n) is 1.90. The number of nitrogens with zero attached hydrogens (tertiary/aromatic N) is 3. The third kappa shape index (κ3) is 1.80. The molecule has 2 aromatic rings. The molecule has 1 N–H and O–H groups in total. The molecule has 0 fully saturated rings. The Morgan fingerprint density at radius 1 is 1.47 bits per heavy atom. The Hall–Kier alpha value is -1.56. The van der Waals surface area contributed by atoms with Crippen LogP contribution in [0.25, 0.3) is 10.6 Å². The lowest BCUT2D eigenvalue weighted by Crippen LogP contribution is -2.07. The summed E-state index contributed by atoms with van der Waals surface area (Å²) in [7, 11) is 5.53. The van der Waals surface area contributed by atoms with Crippen LogP contribution >= 0.6 is 11.3 Å². The van der Waals surface area contributed by atoms with Gasteiger partial charge in [0.05, 0.1) is 25.3 Å². The standard InChI is InChI=1S/C9H12N4OS/c1-13(2)9-12-8(14-3)7(15-9)6-4-10-5-11-6/h4-5H,1-3H3,(H,10,11). The highest BCUT2D eigenvalue weighted by molar-refractivity contribution is 7.19. The molecule has 0 amide bonds. The van der Waals surface area contributed by atoms with Crippen molar-refractivity contribution in [2.75, 3.05) is 26.1 Å². The number of aromatic amines is 1. The van der Waals surface area contributed by atoms with Crippen LogP contribution in [0.3, 0.4) is 0 Å². The predicted octanol–water partition coefficient (Wildman–Crippen LogP) is 1.61. The number of rotatable bonds is 3. The lowest BCUT2D eigenvalue weighted by molar-refractivity contribution is 0.402. The largest absolute Gasteiger partial charge is 0.480 e. The molecule has 0 atom stereocenters. The summed E-state index contributed by atoms with van der Waals surface area (Å²) in [5, 5.41) is 0.913. The highest BCUT2D eigenvalue weighted by atomic mass is 32.1. The topological polar surface area (TPSA) is 54.0 Å². The maximum Gasteiger partial charge on any atom is 0.235 e. The highest BCUT2D eigenvalue weighted by Crippen LogP contribution is 2.37. The molecule has 2 heterocycles. The van der Waals surface area contributed by atoms with Gasteiger partial charge in [-0.2, -0.15) is 4.98 Å². The van der Waals surface area contributed by atoms with Crippen molar-refractivity contribution in [1.29, 1.82) is 0 Å². The fourth-order valence-corrected chi connectivity index (χ4v) is 2.11. The van der Waals surface area contributed by atoms with Gasteiger partial charge in [-0.1, -0.05) is 11.3 Å². The first-order chi connectivity index (χ1) is 7.22. The molecule has 0 radical (unpaired) electrons. The van der Waals surface area contributed by atoms with Crippen molar-refractivity contribution < 1.29 is 4.74 Å². The number of nitrogens with one attached hydrogen (secondary N) is 1. The van der Waals surface area contributed by atoms with Crippen LogP contribution in [0.4, 0.5) is 5.13 Å². The van der Waals surface area contributed by atoms with Gasteiger partial charge >= 0.3 is 0 Å². The van der Waals surface area contributed by atoms with E-state index in [0.717, 1.165) is 15.7 Å². The molecule has 0 aliphatic carbocycles. The van der Waals surface area contributed by atoms with Crippen molar-refractivity contribution in [3.8, 4) is 16.5 Å². The summed E-state index contributed by atoms with van der Waals surface area (Å²) in [6, 6.07) is 0. The zero-order chi connectivity index (χ0) is 10.8. The molecule has 6 heteroatoms. The first kappa shape index (κ1) is 9.97. The number of methoxy groups -OCH3 is 1. The van der Waals surface area contributed by atoms with E-state index in [9.17, 15) is 0 Å². The molecular formula is C9H12N4OS. The molecule has 5 nitrogen and oxygen atoms in total. The number of ether oxygens (including phenoxy) is 1. The van der Waals surface area contributed by atoms with Crippen molar-refractivity contribution in [3.63, 3.8) is 0 Å². The van der Waals surface area contributed by atoms with E-state index in [1.54, 1.807) is 31.0 Å². The molecule has 2 aromatic heterocycles. The van der Waals surface area contributed by atoms with Crippen LogP contribution < -0.4 is 9.64 Å². The molecule has 0 aromatic carbocycles. The Balaban J connectivity index is 2.46. The number of anilines is 1. The summed E-state index contributed by atoms with van der Waals surface area (Å²) in [5.41, 5.74) is 0.928. The van der Waals surface area contributed by atoms with Gasteiger partial charge in [0.2, 0.25) is 5.88 Å². The lowest BCUT2D eigenvalue weighted by Gasteiger charge is -2.04. The quantitative estimate of drug-likeness (QED) is 0.860. The van der Waals surface area contributed by atoms with Gasteiger partial charge in [0.1, 0.15) is 4.88 Å². The molecule has 15 heavy (non-hydrogen) atoms. The Kier molecular flexibility index (Phi) is 2.59. The molecule has 0 unspecified atom stereocenters. The second kappa shape index (κ2) is 3.90. The van der Waals surface area contributed by atoms with Gasteiger partial charge in [0.15, 0.2) is 5.13 Å². The summed E-state index contributed by atoms with van der Waals surface area (Å²) < 4.78 is 5.22. The summed E-state index contributed by atoms with van der Waals surface area (Å²) in [6.07, 6.45) is 3.40. The van der Waals surface area contributed by atoms with E-state index in [2.05, 4.69) is 15.0 Å². The predicted molar refractivity (Wildman–Crippen MR) is 60.6 cm³/mol. The van der Waals surface area contributed by atoms with Crippen LogP contribution in [-0.4, -0.2) is 36.2 Å². The molecule has 0 spiro atoms. The van der Waals surface area contributed by atoms with E-state index in [1.165, 1.54) is 0 Å². The maximum absolute atomic E-state index is 5.22. The van der Waals surface area contributed by atoms with Crippen molar-refractivity contribution in [3.05, 3.63) is 12.5 Å². The Morgan fingerprint density at radius 3 is 2.80 bits per heavy atom. The molecular weight excluding hydrogens is 212 g/mol. The van der Waals surface area contributed by atoms with Gasteiger partial charge in [-0.15, -0.1) is 0 Å².